The van der Waals surface area contributed by atoms with Gasteiger partial charge in [0.2, 0.25) is 0 Å². The van der Waals surface area contributed by atoms with Crippen molar-refractivity contribution in [2.24, 2.45) is 0 Å². The van der Waals surface area contributed by atoms with Gasteiger partial charge in [-0.3, -0.25) is 19.6 Å². The highest BCUT2D eigenvalue weighted by molar-refractivity contribution is 6.06. The Bertz CT molecular complexity index is 1190. The first-order valence-electron chi connectivity index (χ1n) is 11.5. The molecule has 0 saturated carbocycles. The molecule has 2 aliphatic rings. The van der Waals surface area contributed by atoms with Gasteiger partial charge in [0.15, 0.2) is 5.78 Å². The van der Waals surface area contributed by atoms with Gasteiger partial charge < -0.3 is 5.32 Å². The molecule has 164 valence electrons. The minimum atomic E-state index is -0.195. The fraction of sp³-hybridized carbons (Fsp3) is 0.346. The number of carbonyl (C=O) groups excluding carboxylic acids is 2. The predicted octanol–water partition coefficient (Wildman–Crippen LogP) is 5.05. The Morgan fingerprint density at radius 1 is 1.12 bits per heavy atom. The molecule has 5 rings (SSSR count). The Hall–Kier alpha value is -3.25. The third-order valence-electron chi connectivity index (χ3n) is 6.69. The van der Waals surface area contributed by atoms with E-state index >= 15 is 0 Å². The minimum absolute atomic E-state index is 0.0725. The summed E-state index contributed by atoms with van der Waals surface area (Å²) < 4.78 is 0. The SMILES string of the molecule is CCC(=O)c1ccc(C(=O)Nc2ccc3[nH]nc(C4=CCN5CCCCC5C4)c3c2)cc1. The maximum Gasteiger partial charge on any atom is 0.255 e. The Balaban J connectivity index is 1.36. The smallest absolute Gasteiger partial charge is 0.255 e. The van der Waals surface area contributed by atoms with E-state index in [9.17, 15) is 9.59 Å². The number of Topliss-reactive ketones (excluding diaryl/α,β-unsaturated/α-hetero) is 1. The average molecular weight is 429 g/mol. The molecule has 3 heterocycles. The number of carbonyl (C=O) groups is 2. The second-order valence-corrected chi connectivity index (χ2v) is 8.72. The van der Waals surface area contributed by atoms with Crippen molar-refractivity contribution >= 4 is 33.9 Å². The van der Waals surface area contributed by atoms with Crippen LogP contribution in [-0.2, 0) is 0 Å². The van der Waals surface area contributed by atoms with Gasteiger partial charge in [-0.05, 0) is 61.7 Å². The lowest BCUT2D eigenvalue weighted by Gasteiger charge is -2.38. The highest BCUT2D eigenvalue weighted by Gasteiger charge is 2.27. The van der Waals surface area contributed by atoms with E-state index in [0.29, 0.717) is 23.6 Å². The van der Waals surface area contributed by atoms with Crippen molar-refractivity contribution in [1.82, 2.24) is 15.1 Å². The van der Waals surface area contributed by atoms with Gasteiger partial charge in [0, 0.05) is 41.2 Å². The number of aromatic nitrogens is 2. The lowest BCUT2D eigenvalue weighted by molar-refractivity contribution is 0.0984. The zero-order chi connectivity index (χ0) is 22.1. The number of nitrogens with one attached hydrogen (secondary N) is 2. The number of hydrogen-bond donors (Lipinski definition) is 2. The van der Waals surface area contributed by atoms with E-state index in [1.807, 2.05) is 25.1 Å². The standard InChI is InChI=1S/C26H28N4O2/c1-2-24(31)17-6-8-18(9-7-17)26(32)27-20-10-11-23-22(16-20)25(29-28-23)19-12-14-30-13-4-3-5-21(30)15-19/h6-12,16,21H,2-5,13-15H2,1H3,(H,27,32)(H,28,29). The largest absolute Gasteiger partial charge is 0.322 e. The van der Waals surface area contributed by atoms with Gasteiger partial charge in [-0.25, -0.2) is 0 Å². The first-order valence-corrected chi connectivity index (χ1v) is 11.5. The molecule has 32 heavy (non-hydrogen) atoms. The van der Waals surface area contributed by atoms with Gasteiger partial charge in [0.25, 0.3) is 5.91 Å². The molecule has 1 atom stereocenters. The van der Waals surface area contributed by atoms with Crippen LogP contribution in [-0.4, -0.2) is 45.9 Å². The summed E-state index contributed by atoms with van der Waals surface area (Å²) in [5.41, 5.74) is 5.13. The topological polar surface area (TPSA) is 78.1 Å². The van der Waals surface area contributed by atoms with E-state index in [1.165, 1.54) is 31.4 Å². The quantitative estimate of drug-likeness (QED) is 0.558. The molecule has 1 aromatic heterocycles. The zero-order valence-corrected chi connectivity index (χ0v) is 18.4. The number of nitrogens with zero attached hydrogens (tertiary/aromatic N) is 2. The molecule has 1 fully saturated rings. The number of hydrogen-bond acceptors (Lipinski definition) is 4. The van der Waals surface area contributed by atoms with Crippen LogP contribution in [0.25, 0.3) is 16.5 Å². The Morgan fingerprint density at radius 3 is 2.75 bits per heavy atom. The van der Waals surface area contributed by atoms with E-state index in [1.54, 1.807) is 24.3 Å². The van der Waals surface area contributed by atoms with Crippen molar-refractivity contribution in [3.63, 3.8) is 0 Å². The number of amides is 1. The first-order chi connectivity index (χ1) is 15.6. The minimum Gasteiger partial charge on any atom is -0.322 e. The summed E-state index contributed by atoms with van der Waals surface area (Å²) in [5.74, 6) is -0.122. The van der Waals surface area contributed by atoms with Gasteiger partial charge in [0.1, 0.15) is 0 Å². The number of piperidine rings is 1. The van der Waals surface area contributed by atoms with Crippen LogP contribution in [0.2, 0.25) is 0 Å². The van der Waals surface area contributed by atoms with Crippen molar-refractivity contribution in [2.45, 2.75) is 45.1 Å². The van der Waals surface area contributed by atoms with Crippen LogP contribution in [0.3, 0.4) is 0 Å². The van der Waals surface area contributed by atoms with Crippen LogP contribution in [0.4, 0.5) is 5.69 Å². The highest BCUT2D eigenvalue weighted by atomic mass is 16.1. The number of rotatable bonds is 5. The van der Waals surface area contributed by atoms with Gasteiger partial charge in [-0.15, -0.1) is 0 Å². The van der Waals surface area contributed by atoms with E-state index in [-0.39, 0.29) is 11.7 Å². The Labute approximate surface area is 187 Å². The number of fused-ring (bicyclic) bond motifs is 2. The van der Waals surface area contributed by atoms with Gasteiger partial charge in [0.05, 0.1) is 11.2 Å². The van der Waals surface area contributed by atoms with Crippen molar-refractivity contribution in [3.8, 4) is 0 Å². The number of benzene rings is 2. The van der Waals surface area contributed by atoms with E-state index in [2.05, 4.69) is 26.5 Å². The molecule has 0 radical (unpaired) electrons. The zero-order valence-electron chi connectivity index (χ0n) is 18.4. The van der Waals surface area contributed by atoms with Crippen LogP contribution in [0.5, 0.6) is 0 Å². The fourth-order valence-corrected chi connectivity index (χ4v) is 4.84. The molecule has 0 spiro atoms. The van der Waals surface area contributed by atoms with Crippen LogP contribution in [0.15, 0.2) is 48.5 Å². The third kappa shape index (κ3) is 3.98. The fourth-order valence-electron chi connectivity index (χ4n) is 4.84. The molecular weight excluding hydrogens is 400 g/mol. The maximum absolute atomic E-state index is 12.7. The van der Waals surface area contributed by atoms with Crippen LogP contribution in [0, 0.1) is 0 Å². The lowest BCUT2D eigenvalue weighted by atomic mass is 9.90. The van der Waals surface area contributed by atoms with E-state index in [4.69, 9.17) is 0 Å². The van der Waals surface area contributed by atoms with Crippen LogP contribution >= 0.6 is 0 Å². The molecule has 0 bridgehead atoms. The predicted molar refractivity (Wildman–Crippen MR) is 127 cm³/mol. The van der Waals surface area contributed by atoms with E-state index < -0.39 is 0 Å². The normalized spacial score (nSPS) is 18.8. The van der Waals surface area contributed by atoms with E-state index in [0.717, 1.165) is 35.2 Å². The molecule has 6 nitrogen and oxygen atoms in total. The van der Waals surface area contributed by atoms with Gasteiger partial charge in [-0.2, -0.15) is 5.10 Å². The molecule has 2 aromatic carbocycles. The van der Waals surface area contributed by atoms with Crippen LogP contribution in [0.1, 0.15) is 65.4 Å². The highest BCUT2D eigenvalue weighted by Crippen LogP contribution is 2.34. The van der Waals surface area contributed by atoms with Crippen molar-refractivity contribution < 1.29 is 9.59 Å². The summed E-state index contributed by atoms with van der Waals surface area (Å²) in [6.45, 7) is 4.01. The molecule has 1 unspecified atom stereocenters. The summed E-state index contributed by atoms with van der Waals surface area (Å²) in [5, 5.41) is 11.8. The monoisotopic (exact) mass is 428 g/mol. The summed E-state index contributed by atoms with van der Waals surface area (Å²) in [7, 11) is 0. The lowest BCUT2D eigenvalue weighted by Crippen LogP contribution is -2.41. The molecule has 1 saturated heterocycles. The average Bonchev–Trinajstić information content (AvgIpc) is 3.26. The third-order valence-corrected chi connectivity index (χ3v) is 6.69. The molecular formula is C26H28N4O2. The summed E-state index contributed by atoms with van der Waals surface area (Å²) >= 11 is 0. The summed E-state index contributed by atoms with van der Waals surface area (Å²) in [4.78, 5) is 27.1. The number of anilines is 1. The summed E-state index contributed by atoms with van der Waals surface area (Å²) in [6.07, 6.45) is 7.64. The number of ketones is 1. The summed E-state index contributed by atoms with van der Waals surface area (Å²) in [6, 6.07) is 13.3. The van der Waals surface area contributed by atoms with Gasteiger partial charge in [-0.1, -0.05) is 31.6 Å². The Kier molecular flexibility index (Phi) is 5.62. The van der Waals surface area contributed by atoms with Gasteiger partial charge >= 0.3 is 0 Å². The Morgan fingerprint density at radius 2 is 1.94 bits per heavy atom. The first kappa shape index (κ1) is 20.6. The number of aromatic amines is 1. The van der Waals surface area contributed by atoms with Crippen molar-refractivity contribution in [1.29, 1.82) is 0 Å². The second-order valence-electron chi connectivity index (χ2n) is 8.72. The molecule has 1 amide bonds. The molecule has 6 heteroatoms. The molecule has 0 aliphatic carbocycles. The van der Waals surface area contributed by atoms with Crippen LogP contribution < -0.4 is 5.32 Å². The maximum atomic E-state index is 12.7. The molecule has 3 aromatic rings. The van der Waals surface area contributed by atoms with Crippen molar-refractivity contribution in [2.75, 3.05) is 18.4 Å². The number of H-pyrrole nitrogens is 1. The molecule has 2 N–H and O–H groups in total. The second kappa shape index (κ2) is 8.71. The molecule has 2 aliphatic heterocycles. The van der Waals surface area contributed by atoms with Crippen molar-refractivity contribution in [3.05, 3.63) is 65.4 Å².